The molecule has 1 heterocycles. The van der Waals surface area contributed by atoms with Gasteiger partial charge in [0.05, 0.1) is 16.0 Å². The number of nitrogens with zero attached hydrogens (tertiary/aromatic N) is 1. The number of carbonyl (C=O) groups excluding carboxylic acids is 2. The lowest BCUT2D eigenvalue weighted by molar-refractivity contribution is -0.139. The Labute approximate surface area is 171 Å². The van der Waals surface area contributed by atoms with E-state index in [-0.39, 0.29) is 24.4 Å². The lowest BCUT2D eigenvalue weighted by Gasteiger charge is -2.26. The fourth-order valence-electron chi connectivity index (χ4n) is 3.51. The number of carbonyl (C=O) groups is 2. The van der Waals surface area contributed by atoms with Crippen molar-refractivity contribution < 1.29 is 14.7 Å². The third kappa shape index (κ3) is 5.84. The standard InChI is InChI=1S/C20H28Cl2N2O3/c1-12(2)9-13(3)24-11-15(18(25)20(24)27)19(26)23-8-4-5-14-6-7-16(21)17(22)10-14/h6-7,10,12-13,15,18,25H,4-5,8-9,11H2,1-3H3,(H,23,26). The summed E-state index contributed by atoms with van der Waals surface area (Å²) in [5.41, 5.74) is 1.04. The van der Waals surface area contributed by atoms with Crippen LogP contribution in [-0.4, -0.2) is 47.1 Å². The van der Waals surface area contributed by atoms with Gasteiger partial charge in [-0.3, -0.25) is 9.59 Å². The number of hydrogen-bond acceptors (Lipinski definition) is 3. The van der Waals surface area contributed by atoms with Gasteiger partial charge in [0.15, 0.2) is 0 Å². The van der Waals surface area contributed by atoms with Crippen LogP contribution >= 0.6 is 23.2 Å². The predicted molar refractivity (Wildman–Crippen MR) is 108 cm³/mol. The fourth-order valence-corrected chi connectivity index (χ4v) is 3.83. The first-order valence-corrected chi connectivity index (χ1v) is 10.2. The van der Waals surface area contributed by atoms with E-state index in [2.05, 4.69) is 19.2 Å². The molecular formula is C20H28Cl2N2O3. The molecule has 150 valence electrons. The maximum Gasteiger partial charge on any atom is 0.252 e. The van der Waals surface area contributed by atoms with E-state index in [9.17, 15) is 14.7 Å². The summed E-state index contributed by atoms with van der Waals surface area (Å²) < 4.78 is 0. The van der Waals surface area contributed by atoms with Gasteiger partial charge in [-0.15, -0.1) is 0 Å². The van der Waals surface area contributed by atoms with Gasteiger partial charge in [-0.25, -0.2) is 0 Å². The van der Waals surface area contributed by atoms with Crippen LogP contribution < -0.4 is 5.32 Å². The summed E-state index contributed by atoms with van der Waals surface area (Å²) in [7, 11) is 0. The maximum absolute atomic E-state index is 12.4. The molecule has 3 unspecified atom stereocenters. The van der Waals surface area contributed by atoms with E-state index in [1.54, 1.807) is 11.0 Å². The lowest BCUT2D eigenvalue weighted by Crippen LogP contribution is -2.38. The average Bonchev–Trinajstić information content (AvgIpc) is 2.90. The van der Waals surface area contributed by atoms with E-state index in [1.807, 2.05) is 19.1 Å². The number of aliphatic hydroxyl groups is 1. The molecule has 0 aromatic heterocycles. The molecular weight excluding hydrogens is 387 g/mol. The molecule has 0 radical (unpaired) electrons. The smallest absolute Gasteiger partial charge is 0.252 e. The molecule has 2 N–H and O–H groups in total. The van der Waals surface area contributed by atoms with Crippen LogP contribution in [0.2, 0.25) is 10.0 Å². The minimum Gasteiger partial charge on any atom is -0.382 e. The van der Waals surface area contributed by atoms with E-state index in [0.29, 0.717) is 22.5 Å². The lowest BCUT2D eigenvalue weighted by atomic mass is 10.0. The topological polar surface area (TPSA) is 69.6 Å². The van der Waals surface area contributed by atoms with Crippen molar-refractivity contribution >= 4 is 35.0 Å². The molecule has 1 aromatic carbocycles. The van der Waals surface area contributed by atoms with Crippen LogP contribution in [0.5, 0.6) is 0 Å². The minimum atomic E-state index is -1.25. The molecule has 1 aromatic rings. The maximum atomic E-state index is 12.4. The first-order valence-electron chi connectivity index (χ1n) is 9.41. The van der Waals surface area contributed by atoms with Gasteiger partial charge < -0.3 is 15.3 Å². The number of likely N-dealkylation sites (tertiary alicyclic amines) is 1. The van der Waals surface area contributed by atoms with Gasteiger partial charge in [-0.2, -0.15) is 0 Å². The van der Waals surface area contributed by atoms with E-state index >= 15 is 0 Å². The van der Waals surface area contributed by atoms with Gasteiger partial charge in [-0.05, 0) is 49.8 Å². The van der Waals surface area contributed by atoms with Crippen molar-refractivity contribution in [2.45, 2.75) is 52.2 Å². The second-order valence-electron chi connectivity index (χ2n) is 7.66. The highest BCUT2D eigenvalue weighted by molar-refractivity contribution is 6.42. The van der Waals surface area contributed by atoms with E-state index in [4.69, 9.17) is 23.2 Å². The molecule has 27 heavy (non-hydrogen) atoms. The first kappa shape index (κ1) is 22.0. The SMILES string of the molecule is CC(C)CC(C)N1CC(C(=O)NCCCc2ccc(Cl)c(Cl)c2)C(O)C1=O. The number of nitrogens with one attached hydrogen (secondary N) is 1. The van der Waals surface area contributed by atoms with Gasteiger partial charge in [0.2, 0.25) is 5.91 Å². The van der Waals surface area contributed by atoms with E-state index < -0.39 is 12.0 Å². The summed E-state index contributed by atoms with van der Waals surface area (Å²) in [5.74, 6) is -0.889. The van der Waals surface area contributed by atoms with Crippen molar-refractivity contribution in [3.8, 4) is 0 Å². The van der Waals surface area contributed by atoms with Crippen molar-refractivity contribution in [2.24, 2.45) is 11.8 Å². The Bertz CT molecular complexity index is 681. The minimum absolute atomic E-state index is 0.0135. The molecule has 3 atom stereocenters. The summed E-state index contributed by atoms with van der Waals surface area (Å²) in [4.78, 5) is 26.3. The monoisotopic (exact) mass is 414 g/mol. The first-order chi connectivity index (χ1) is 12.7. The number of rotatable bonds is 8. The predicted octanol–water partition coefficient (Wildman–Crippen LogP) is 3.30. The van der Waals surface area contributed by atoms with Crippen LogP contribution in [0.25, 0.3) is 0 Å². The quantitative estimate of drug-likeness (QED) is 0.641. The van der Waals surface area contributed by atoms with Gasteiger partial charge in [0.1, 0.15) is 6.10 Å². The Morgan fingerprint density at radius 1 is 1.30 bits per heavy atom. The highest BCUT2D eigenvalue weighted by atomic mass is 35.5. The Balaban J connectivity index is 1.81. The molecule has 2 rings (SSSR count). The van der Waals surface area contributed by atoms with Crippen molar-refractivity contribution in [2.75, 3.05) is 13.1 Å². The summed E-state index contributed by atoms with van der Waals surface area (Å²) in [5, 5.41) is 14.1. The van der Waals surface area contributed by atoms with Gasteiger partial charge in [0.25, 0.3) is 5.91 Å². The van der Waals surface area contributed by atoms with Crippen molar-refractivity contribution in [1.29, 1.82) is 0 Å². The average molecular weight is 415 g/mol. The highest BCUT2D eigenvalue weighted by Gasteiger charge is 2.44. The molecule has 2 amide bonds. The van der Waals surface area contributed by atoms with Crippen LogP contribution in [0.15, 0.2) is 18.2 Å². The van der Waals surface area contributed by atoms with Crippen molar-refractivity contribution in [1.82, 2.24) is 10.2 Å². The molecule has 0 saturated carbocycles. The molecule has 1 aliphatic heterocycles. The molecule has 5 nitrogen and oxygen atoms in total. The van der Waals surface area contributed by atoms with Gasteiger partial charge >= 0.3 is 0 Å². The number of hydrogen-bond donors (Lipinski definition) is 2. The number of aryl methyl sites for hydroxylation is 1. The normalized spacial score (nSPS) is 21.0. The Morgan fingerprint density at radius 2 is 2.00 bits per heavy atom. The molecule has 1 saturated heterocycles. The molecule has 0 aliphatic carbocycles. The molecule has 0 bridgehead atoms. The van der Waals surface area contributed by atoms with Crippen molar-refractivity contribution in [3.63, 3.8) is 0 Å². The second kappa shape index (κ2) is 9.76. The third-order valence-electron chi connectivity index (χ3n) is 4.92. The highest BCUT2D eigenvalue weighted by Crippen LogP contribution is 2.24. The van der Waals surface area contributed by atoms with Gasteiger partial charge in [0, 0.05) is 19.1 Å². The molecule has 0 spiro atoms. The van der Waals surface area contributed by atoms with Crippen LogP contribution in [0.3, 0.4) is 0 Å². The summed E-state index contributed by atoms with van der Waals surface area (Å²) in [6.45, 7) is 6.88. The Kier molecular flexibility index (Phi) is 7.95. The van der Waals surface area contributed by atoms with Crippen LogP contribution in [-0.2, 0) is 16.0 Å². The fraction of sp³-hybridized carbons (Fsp3) is 0.600. The Morgan fingerprint density at radius 3 is 2.63 bits per heavy atom. The second-order valence-corrected chi connectivity index (χ2v) is 8.48. The molecule has 7 heteroatoms. The third-order valence-corrected chi connectivity index (χ3v) is 5.66. The summed E-state index contributed by atoms with van der Waals surface area (Å²) in [6.07, 6.45) is 1.07. The zero-order chi connectivity index (χ0) is 20.1. The number of aliphatic hydroxyl groups excluding tert-OH is 1. The van der Waals surface area contributed by atoms with Crippen LogP contribution in [0, 0.1) is 11.8 Å². The van der Waals surface area contributed by atoms with Crippen LogP contribution in [0.4, 0.5) is 0 Å². The number of amides is 2. The zero-order valence-electron chi connectivity index (χ0n) is 16.0. The van der Waals surface area contributed by atoms with E-state index in [0.717, 1.165) is 24.8 Å². The summed E-state index contributed by atoms with van der Waals surface area (Å²) in [6, 6.07) is 5.49. The van der Waals surface area contributed by atoms with E-state index in [1.165, 1.54) is 0 Å². The largest absolute Gasteiger partial charge is 0.382 e. The molecule has 1 aliphatic rings. The molecule has 1 fully saturated rings. The van der Waals surface area contributed by atoms with Crippen molar-refractivity contribution in [3.05, 3.63) is 33.8 Å². The zero-order valence-corrected chi connectivity index (χ0v) is 17.6. The number of benzene rings is 1. The van der Waals surface area contributed by atoms with Crippen LogP contribution in [0.1, 0.15) is 39.2 Å². The number of halogens is 2. The summed E-state index contributed by atoms with van der Waals surface area (Å²) >= 11 is 11.9. The Hall–Kier alpha value is -1.30. The van der Waals surface area contributed by atoms with Gasteiger partial charge in [-0.1, -0.05) is 43.1 Å².